The Morgan fingerprint density at radius 1 is 1.13 bits per heavy atom. The Hall–Kier alpha value is -0.300. The Balaban J connectivity index is 2.47. The second-order valence-corrected chi connectivity index (χ2v) is 5.64. The molecule has 0 fully saturated rings. The monoisotopic (exact) mass is 268 g/mol. The summed E-state index contributed by atoms with van der Waals surface area (Å²) in [6.07, 6.45) is 4.99. The van der Waals surface area contributed by atoms with E-state index in [1.54, 1.807) is 0 Å². The van der Waals surface area contributed by atoms with Crippen LogP contribution in [0, 0.1) is 13.8 Å². The maximum atomic E-state index is 3.73. The minimum Gasteiger partial charge on any atom is -0.0891 e. The lowest BCUT2D eigenvalue weighted by atomic mass is 10.0. The molecule has 1 rings (SSSR count). The molecule has 0 saturated heterocycles. The van der Waals surface area contributed by atoms with Crippen LogP contribution in [0.2, 0.25) is 0 Å². The standard InChI is InChI=1S/C14H21Br/c1-4-5-14(15)9-8-13-7-6-11(2)12(3)10-13/h6-7,10,14H,4-5,8-9H2,1-3H3. The van der Waals surface area contributed by atoms with Crippen molar-refractivity contribution in [3.8, 4) is 0 Å². The molecule has 1 heteroatoms. The molecule has 0 N–H and O–H groups in total. The Labute approximate surface area is 102 Å². The van der Waals surface area contributed by atoms with Crippen molar-refractivity contribution in [3.63, 3.8) is 0 Å². The van der Waals surface area contributed by atoms with Crippen LogP contribution in [0.5, 0.6) is 0 Å². The summed E-state index contributed by atoms with van der Waals surface area (Å²) < 4.78 is 0. The molecule has 0 aromatic heterocycles. The first-order chi connectivity index (χ1) is 7.13. The quantitative estimate of drug-likeness (QED) is 0.673. The fourth-order valence-corrected chi connectivity index (χ4v) is 2.43. The minimum atomic E-state index is 0.684. The second kappa shape index (κ2) is 6.32. The summed E-state index contributed by atoms with van der Waals surface area (Å²) in [6, 6.07) is 6.81. The molecule has 0 spiro atoms. The summed E-state index contributed by atoms with van der Waals surface area (Å²) in [5, 5.41) is 0. The predicted molar refractivity (Wildman–Crippen MR) is 71.9 cm³/mol. The molecule has 1 aromatic rings. The highest BCUT2D eigenvalue weighted by Crippen LogP contribution is 2.17. The molecule has 15 heavy (non-hydrogen) atoms. The van der Waals surface area contributed by atoms with Crippen LogP contribution in [-0.4, -0.2) is 4.83 Å². The van der Waals surface area contributed by atoms with Crippen LogP contribution < -0.4 is 0 Å². The minimum absolute atomic E-state index is 0.684. The molecule has 0 amide bonds. The van der Waals surface area contributed by atoms with Gasteiger partial charge in [0, 0.05) is 4.83 Å². The average Bonchev–Trinajstić information content (AvgIpc) is 2.20. The van der Waals surface area contributed by atoms with E-state index in [0.29, 0.717) is 4.83 Å². The highest BCUT2D eigenvalue weighted by atomic mass is 79.9. The SMILES string of the molecule is CCCC(Br)CCc1ccc(C)c(C)c1. The van der Waals surface area contributed by atoms with Crippen LogP contribution in [0.3, 0.4) is 0 Å². The van der Waals surface area contributed by atoms with Gasteiger partial charge in [0.2, 0.25) is 0 Å². The summed E-state index contributed by atoms with van der Waals surface area (Å²) in [7, 11) is 0. The maximum absolute atomic E-state index is 3.73. The van der Waals surface area contributed by atoms with Gasteiger partial charge in [-0.2, -0.15) is 0 Å². The number of halogens is 1. The van der Waals surface area contributed by atoms with E-state index in [1.807, 2.05) is 0 Å². The Bertz CT molecular complexity index is 304. The molecular weight excluding hydrogens is 248 g/mol. The molecule has 0 saturated carbocycles. The molecular formula is C14H21Br. The van der Waals surface area contributed by atoms with Gasteiger partial charge >= 0.3 is 0 Å². The summed E-state index contributed by atoms with van der Waals surface area (Å²) >= 11 is 3.73. The van der Waals surface area contributed by atoms with Crippen molar-refractivity contribution >= 4 is 15.9 Å². The molecule has 1 atom stereocenters. The van der Waals surface area contributed by atoms with E-state index < -0.39 is 0 Å². The molecule has 0 aliphatic carbocycles. The topological polar surface area (TPSA) is 0 Å². The van der Waals surface area contributed by atoms with Gasteiger partial charge < -0.3 is 0 Å². The first-order valence-corrected chi connectivity index (χ1v) is 6.75. The van der Waals surface area contributed by atoms with E-state index in [2.05, 4.69) is 54.9 Å². The maximum Gasteiger partial charge on any atom is 0.0148 e. The highest BCUT2D eigenvalue weighted by Gasteiger charge is 2.03. The van der Waals surface area contributed by atoms with Crippen molar-refractivity contribution in [2.45, 2.75) is 51.3 Å². The fraction of sp³-hybridized carbons (Fsp3) is 0.571. The molecule has 0 heterocycles. The predicted octanol–water partition coefficient (Wildman–Crippen LogP) is 4.80. The van der Waals surface area contributed by atoms with E-state index in [-0.39, 0.29) is 0 Å². The van der Waals surface area contributed by atoms with Gasteiger partial charge in [-0.3, -0.25) is 0 Å². The Kier molecular flexibility index (Phi) is 5.38. The lowest BCUT2D eigenvalue weighted by molar-refractivity contribution is 0.693. The van der Waals surface area contributed by atoms with Gasteiger partial charge in [0.25, 0.3) is 0 Å². The van der Waals surface area contributed by atoms with Crippen molar-refractivity contribution in [1.82, 2.24) is 0 Å². The molecule has 0 aliphatic heterocycles. The van der Waals surface area contributed by atoms with Crippen molar-refractivity contribution in [2.75, 3.05) is 0 Å². The zero-order valence-electron chi connectivity index (χ0n) is 10.0. The van der Waals surface area contributed by atoms with Gasteiger partial charge in [-0.05, 0) is 49.8 Å². The Morgan fingerprint density at radius 3 is 2.47 bits per heavy atom. The highest BCUT2D eigenvalue weighted by molar-refractivity contribution is 9.09. The van der Waals surface area contributed by atoms with Gasteiger partial charge in [-0.1, -0.05) is 47.5 Å². The fourth-order valence-electron chi connectivity index (χ4n) is 1.74. The average molecular weight is 269 g/mol. The second-order valence-electron chi connectivity index (χ2n) is 4.34. The van der Waals surface area contributed by atoms with E-state index in [0.717, 1.165) is 0 Å². The number of benzene rings is 1. The van der Waals surface area contributed by atoms with Crippen molar-refractivity contribution in [2.24, 2.45) is 0 Å². The third-order valence-corrected chi connectivity index (χ3v) is 3.84. The van der Waals surface area contributed by atoms with Crippen LogP contribution in [0.15, 0.2) is 18.2 Å². The van der Waals surface area contributed by atoms with Gasteiger partial charge in [-0.25, -0.2) is 0 Å². The molecule has 1 unspecified atom stereocenters. The van der Waals surface area contributed by atoms with Crippen molar-refractivity contribution in [1.29, 1.82) is 0 Å². The number of alkyl halides is 1. The molecule has 1 aromatic carbocycles. The van der Waals surface area contributed by atoms with Gasteiger partial charge in [0.15, 0.2) is 0 Å². The van der Waals surface area contributed by atoms with E-state index in [1.165, 1.54) is 42.4 Å². The molecule has 84 valence electrons. The summed E-state index contributed by atoms with van der Waals surface area (Å²) in [5.41, 5.74) is 4.27. The first-order valence-electron chi connectivity index (χ1n) is 5.83. The summed E-state index contributed by atoms with van der Waals surface area (Å²) in [5.74, 6) is 0. The zero-order chi connectivity index (χ0) is 11.3. The number of rotatable bonds is 5. The molecule has 0 radical (unpaired) electrons. The molecule has 0 nitrogen and oxygen atoms in total. The lowest BCUT2D eigenvalue weighted by Crippen LogP contribution is -1.99. The van der Waals surface area contributed by atoms with Gasteiger partial charge in [-0.15, -0.1) is 0 Å². The van der Waals surface area contributed by atoms with Crippen LogP contribution in [0.25, 0.3) is 0 Å². The van der Waals surface area contributed by atoms with Crippen molar-refractivity contribution in [3.05, 3.63) is 34.9 Å². The van der Waals surface area contributed by atoms with E-state index >= 15 is 0 Å². The summed E-state index contributed by atoms with van der Waals surface area (Å²) in [4.78, 5) is 0.684. The Morgan fingerprint density at radius 2 is 1.87 bits per heavy atom. The number of hydrogen-bond acceptors (Lipinski definition) is 0. The zero-order valence-corrected chi connectivity index (χ0v) is 11.6. The van der Waals surface area contributed by atoms with E-state index in [9.17, 15) is 0 Å². The van der Waals surface area contributed by atoms with Gasteiger partial charge in [0.05, 0.1) is 0 Å². The molecule has 0 bridgehead atoms. The van der Waals surface area contributed by atoms with Crippen LogP contribution in [0.1, 0.15) is 42.9 Å². The summed E-state index contributed by atoms with van der Waals surface area (Å²) in [6.45, 7) is 6.60. The number of hydrogen-bond donors (Lipinski definition) is 0. The third-order valence-electron chi connectivity index (χ3n) is 2.92. The normalized spacial score (nSPS) is 12.8. The van der Waals surface area contributed by atoms with Crippen LogP contribution in [0.4, 0.5) is 0 Å². The largest absolute Gasteiger partial charge is 0.0891 e. The van der Waals surface area contributed by atoms with E-state index in [4.69, 9.17) is 0 Å². The smallest absolute Gasteiger partial charge is 0.0148 e. The number of aryl methyl sites for hydroxylation is 3. The van der Waals surface area contributed by atoms with Crippen molar-refractivity contribution < 1.29 is 0 Å². The molecule has 0 aliphatic rings. The van der Waals surface area contributed by atoms with Crippen LogP contribution in [-0.2, 0) is 6.42 Å². The van der Waals surface area contributed by atoms with Crippen LogP contribution >= 0.6 is 15.9 Å². The van der Waals surface area contributed by atoms with Gasteiger partial charge in [0.1, 0.15) is 0 Å². The lowest BCUT2D eigenvalue weighted by Gasteiger charge is -2.09. The first kappa shape index (κ1) is 12.8. The third kappa shape index (κ3) is 4.38.